The maximum absolute atomic E-state index is 7.09. The fourth-order valence-electron chi connectivity index (χ4n) is 0.987. The molecule has 1 aromatic carbocycles. The molecule has 0 fully saturated rings. The van der Waals surface area contributed by atoms with E-state index < -0.39 is 0 Å². The molecule has 0 aliphatic carbocycles. The van der Waals surface area contributed by atoms with E-state index in [1.807, 2.05) is 18.2 Å². The van der Waals surface area contributed by atoms with Crippen LogP contribution >= 0.6 is 0 Å². The van der Waals surface area contributed by atoms with Crippen molar-refractivity contribution in [3.63, 3.8) is 0 Å². The minimum absolute atomic E-state index is 0.147. The molecular formula is C8H7N3O. The molecule has 60 valence electrons. The predicted molar refractivity (Wildman–Crippen MR) is 45.0 cm³/mol. The Kier molecular flexibility index (Phi) is 1.33. The van der Waals surface area contributed by atoms with Crippen LogP contribution in [0.3, 0.4) is 0 Å². The minimum Gasteiger partial charge on any atom is -0.434 e. The van der Waals surface area contributed by atoms with Crippen LogP contribution in [0.25, 0.3) is 11.1 Å². The molecule has 4 nitrogen and oxygen atoms in total. The highest BCUT2D eigenvalue weighted by molar-refractivity contribution is 5.92. The number of hydrogen-bond donors (Lipinski definition) is 2. The summed E-state index contributed by atoms with van der Waals surface area (Å²) < 4.78 is 5.17. The molecule has 1 aromatic heterocycles. The van der Waals surface area contributed by atoms with Gasteiger partial charge in [-0.3, -0.25) is 5.41 Å². The zero-order valence-electron chi connectivity index (χ0n) is 6.24. The van der Waals surface area contributed by atoms with Crippen molar-refractivity contribution in [2.24, 2.45) is 5.73 Å². The fourth-order valence-corrected chi connectivity index (χ4v) is 0.987. The van der Waals surface area contributed by atoms with Crippen molar-refractivity contribution in [1.82, 2.24) is 4.98 Å². The SMILES string of the molecule is N=C(N)c1nc2ccccc2o1. The zero-order chi connectivity index (χ0) is 8.55. The van der Waals surface area contributed by atoms with Crippen LogP contribution in [0.1, 0.15) is 5.89 Å². The van der Waals surface area contributed by atoms with Gasteiger partial charge in [0, 0.05) is 0 Å². The van der Waals surface area contributed by atoms with E-state index in [2.05, 4.69) is 4.98 Å². The van der Waals surface area contributed by atoms with E-state index >= 15 is 0 Å². The van der Waals surface area contributed by atoms with Crippen LogP contribution in [0.2, 0.25) is 0 Å². The molecule has 0 spiro atoms. The Bertz CT molecular complexity index is 400. The third-order valence-electron chi connectivity index (χ3n) is 1.52. The molecular weight excluding hydrogens is 154 g/mol. The molecule has 0 saturated heterocycles. The number of benzene rings is 1. The number of nitrogen functional groups attached to an aromatic ring is 1. The molecule has 0 unspecified atom stereocenters. The second-order valence-electron chi connectivity index (χ2n) is 2.40. The lowest BCUT2D eigenvalue weighted by molar-refractivity contribution is 0.588. The van der Waals surface area contributed by atoms with Crippen molar-refractivity contribution in [1.29, 1.82) is 5.41 Å². The summed E-state index contributed by atoms with van der Waals surface area (Å²) in [5.74, 6) is 0.0300. The number of amidine groups is 1. The molecule has 0 atom stereocenters. The first kappa shape index (κ1) is 6.84. The Labute approximate surface area is 68.5 Å². The second-order valence-corrected chi connectivity index (χ2v) is 2.40. The number of nitrogens with two attached hydrogens (primary N) is 1. The summed E-state index contributed by atoms with van der Waals surface area (Å²) in [6, 6.07) is 7.30. The lowest BCUT2D eigenvalue weighted by Crippen LogP contribution is -2.10. The van der Waals surface area contributed by atoms with Crippen molar-refractivity contribution in [2.45, 2.75) is 0 Å². The number of nitrogens with one attached hydrogen (secondary N) is 1. The molecule has 0 bridgehead atoms. The molecule has 12 heavy (non-hydrogen) atoms. The van der Waals surface area contributed by atoms with E-state index in [1.54, 1.807) is 6.07 Å². The summed E-state index contributed by atoms with van der Waals surface area (Å²) in [7, 11) is 0. The van der Waals surface area contributed by atoms with E-state index in [0.29, 0.717) is 5.58 Å². The molecule has 1 heterocycles. The van der Waals surface area contributed by atoms with Gasteiger partial charge in [0.25, 0.3) is 5.89 Å². The number of rotatable bonds is 1. The highest BCUT2D eigenvalue weighted by atomic mass is 16.3. The Hall–Kier alpha value is -1.84. The lowest BCUT2D eigenvalue weighted by Gasteiger charge is -1.84. The monoisotopic (exact) mass is 161 g/mol. The first-order valence-corrected chi connectivity index (χ1v) is 3.47. The van der Waals surface area contributed by atoms with Crippen molar-refractivity contribution in [3.8, 4) is 0 Å². The predicted octanol–water partition coefficient (Wildman–Crippen LogP) is 1.11. The standard InChI is InChI=1S/C8H7N3O/c9-7(10)8-11-5-3-1-2-4-6(5)12-8/h1-4H,(H3,9,10). The van der Waals surface area contributed by atoms with Gasteiger partial charge >= 0.3 is 0 Å². The van der Waals surface area contributed by atoms with Gasteiger partial charge in [0.15, 0.2) is 11.4 Å². The number of oxazole rings is 1. The molecule has 0 amide bonds. The molecule has 2 rings (SSSR count). The number of aromatic nitrogens is 1. The topological polar surface area (TPSA) is 75.9 Å². The summed E-state index contributed by atoms with van der Waals surface area (Å²) in [5.41, 5.74) is 6.58. The van der Waals surface area contributed by atoms with Gasteiger partial charge < -0.3 is 10.2 Å². The number of fused-ring (bicyclic) bond motifs is 1. The zero-order valence-corrected chi connectivity index (χ0v) is 6.24. The normalized spacial score (nSPS) is 10.3. The van der Waals surface area contributed by atoms with Crippen molar-refractivity contribution >= 4 is 16.9 Å². The minimum atomic E-state index is -0.147. The van der Waals surface area contributed by atoms with E-state index in [0.717, 1.165) is 5.52 Å². The molecule has 4 heteroatoms. The Morgan fingerprint density at radius 1 is 1.42 bits per heavy atom. The summed E-state index contributed by atoms with van der Waals surface area (Å²) >= 11 is 0. The molecule has 0 saturated carbocycles. The highest BCUT2D eigenvalue weighted by Gasteiger charge is 2.05. The van der Waals surface area contributed by atoms with Crippen LogP contribution in [0.4, 0.5) is 0 Å². The Morgan fingerprint density at radius 2 is 2.17 bits per heavy atom. The van der Waals surface area contributed by atoms with Crippen molar-refractivity contribution in [2.75, 3.05) is 0 Å². The average molecular weight is 161 g/mol. The Morgan fingerprint density at radius 3 is 2.83 bits per heavy atom. The quantitative estimate of drug-likeness (QED) is 0.486. The van der Waals surface area contributed by atoms with Gasteiger partial charge in [0.05, 0.1) is 0 Å². The van der Waals surface area contributed by atoms with Crippen LogP contribution < -0.4 is 5.73 Å². The van der Waals surface area contributed by atoms with E-state index in [-0.39, 0.29) is 11.7 Å². The van der Waals surface area contributed by atoms with Crippen LogP contribution in [-0.2, 0) is 0 Å². The fraction of sp³-hybridized carbons (Fsp3) is 0. The van der Waals surface area contributed by atoms with Crippen LogP contribution in [0, 0.1) is 5.41 Å². The first-order chi connectivity index (χ1) is 5.77. The van der Waals surface area contributed by atoms with Crippen LogP contribution in [-0.4, -0.2) is 10.8 Å². The molecule has 2 aromatic rings. The third-order valence-corrected chi connectivity index (χ3v) is 1.52. The first-order valence-electron chi connectivity index (χ1n) is 3.47. The van der Waals surface area contributed by atoms with Gasteiger partial charge in [0.1, 0.15) is 5.52 Å². The third kappa shape index (κ3) is 0.934. The van der Waals surface area contributed by atoms with Gasteiger partial charge in [-0.05, 0) is 12.1 Å². The number of nitrogens with zero attached hydrogens (tertiary/aromatic N) is 1. The average Bonchev–Trinajstić information content (AvgIpc) is 2.46. The molecule has 3 N–H and O–H groups in total. The summed E-state index contributed by atoms with van der Waals surface area (Å²) in [6.07, 6.45) is 0. The van der Waals surface area contributed by atoms with Gasteiger partial charge in [-0.1, -0.05) is 12.1 Å². The second kappa shape index (κ2) is 2.34. The smallest absolute Gasteiger partial charge is 0.262 e. The Balaban J connectivity index is 2.70. The lowest BCUT2D eigenvalue weighted by atomic mass is 10.3. The summed E-state index contributed by atoms with van der Waals surface area (Å²) in [5, 5.41) is 7.09. The van der Waals surface area contributed by atoms with Gasteiger partial charge in [-0.15, -0.1) is 0 Å². The largest absolute Gasteiger partial charge is 0.434 e. The molecule has 0 aliphatic heterocycles. The summed E-state index contributed by atoms with van der Waals surface area (Å²) in [4.78, 5) is 4.00. The van der Waals surface area contributed by atoms with Crippen molar-refractivity contribution in [3.05, 3.63) is 30.2 Å². The maximum Gasteiger partial charge on any atom is 0.262 e. The van der Waals surface area contributed by atoms with E-state index in [9.17, 15) is 0 Å². The van der Waals surface area contributed by atoms with Gasteiger partial charge in [0.2, 0.25) is 0 Å². The van der Waals surface area contributed by atoms with E-state index in [1.165, 1.54) is 0 Å². The van der Waals surface area contributed by atoms with Crippen LogP contribution in [0.15, 0.2) is 28.7 Å². The molecule has 0 aliphatic rings. The molecule has 0 radical (unpaired) electrons. The van der Waals surface area contributed by atoms with Crippen molar-refractivity contribution < 1.29 is 4.42 Å². The highest BCUT2D eigenvalue weighted by Crippen LogP contribution is 2.13. The summed E-state index contributed by atoms with van der Waals surface area (Å²) in [6.45, 7) is 0. The number of para-hydroxylation sites is 2. The number of hydrogen-bond acceptors (Lipinski definition) is 3. The van der Waals surface area contributed by atoms with Crippen LogP contribution in [0.5, 0.6) is 0 Å². The van der Waals surface area contributed by atoms with E-state index in [4.69, 9.17) is 15.6 Å². The maximum atomic E-state index is 7.09. The van der Waals surface area contributed by atoms with Gasteiger partial charge in [-0.2, -0.15) is 0 Å². The van der Waals surface area contributed by atoms with Gasteiger partial charge in [-0.25, -0.2) is 4.98 Å².